The predicted molar refractivity (Wildman–Crippen MR) is 125 cm³/mol. The van der Waals surface area contributed by atoms with Gasteiger partial charge in [0, 0.05) is 32.7 Å². The number of benzene rings is 2. The summed E-state index contributed by atoms with van der Waals surface area (Å²) in [5.74, 6) is 0.944. The Morgan fingerprint density at radius 2 is 1.78 bits per heavy atom. The summed E-state index contributed by atoms with van der Waals surface area (Å²) >= 11 is 0. The SMILES string of the molecule is COc1cccc(CN(CC(=O)N2CCNCC2)S(=O)(=O)c2ccc(CC(C)C)cc2)c1. The van der Waals surface area contributed by atoms with Crippen molar-refractivity contribution >= 4 is 15.9 Å². The molecule has 2 aromatic rings. The van der Waals surface area contributed by atoms with Crippen molar-refractivity contribution in [3.63, 3.8) is 0 Å². The van der Waals surface area contributed by atoms with Gasteiger partial charge in [-0.25, -0.2) is 8.42 Å². The number of methoxy groups -OCH3 is 1. The van der Waals surface area contributed by atoms with Crippen LogP contribution in [0.2, 0.25) is 0 Å². The minimum atomic E-state index is -3.87. The fourth-order valence-electron chi connectivity index (χ4n) is 3.78. The molecule has 3 rings (SSSR count). The van der Waals surface area contributed by atoms with Crippen LogP contribution in [0.1, 0.15) is 25.0 Å². The molecule has 7 nitrogen and oxygen atoms in total. The molecule has 1 amide bonds. The second-order valence-electron chi connectivity index (χ2n) is 8.50. The maximum atomic E-state index is 13.6. The summed E-state index contributed by atoms with van der Waals surface area (Å²) in [6.07, 6.45) is 0.884. The number of carbonyl (C=O) groups is 1. The lowest BCUT2D eigenvalue weighted by atomic mass is 10.0. The Morgan fingerprint density at radius 3 is 2.41 bits per heavy atom. The third-order valence-electron chi connectivity index (χ3n) is 5.48. The number of nitrogens with zero attached hydrogens (tertiary/aromatic N) is 2. The molecule has 0 atom stereocenters. The fourth-order valence-corrected chi connectivity index (χ4v) is 5.16. The Hall–Kier alpha value is -2.42. The molecule has 1 aliphatic rings. The quantitative estimate of drug-likeness (QED) is 0.623. The third kappa shape index (κ3) is 6.31. The summed E-state index contributed by atoms with van der Waals surface area (Å²) in [7, 11) is -2.30. The summed E-state index contributed by atoms with van der Waals surface area (Å²) in [4.78, 5) is 14.9. The van der Waals surface area contributed by atoms with Crippen molar-refractivity contribution in [2.24, 2.45) is 5.92 Å². The van der Waals surface area contributed by atoms with E-state index in [1.54, 1.807) is 30.2 Å². The van der Waals surface area contributed by atoms with Crippen LogP contribution < -0.4 is 10.1 Å². The highest BCUT2D eigenvalue weighted by atomic mass is 32.2. The number of sulfonamides is 1. The van der Waals surface area contributed by atoms with Gasteiger partial charge in [0.1, 0.15) is 5.75 Å². The number of hydrogen-bond acceptors (Lipinski definition) is 5. The van der Waals surface area contributed by atoms with Crippen molar-refractivity contribution in [3.8, 4) is 5.75 Å². The molecule has 0 unspecified atom stereocenters. The van der Waals surface area contributed by atoms with Gasteiger partial charge in [-0.3, -0.25) is 4.79 Å². The third-order valence-corrected chi connectivity index (χ3v) is 7.29. The van der Waals surface area contributed by atoms with Crippen LogP contribution in [0.3, 0.4) is 0 Å². The second kappa shape index (κ2) is 10.9. The maximum absolute atomic E-state index is 13.6. The molecule has 2 aromatic carbocycles. The first-order valence-electron chi connectivity index (χ1n) is 11.0. The number of ether oxygens (including phenoxy) is 1. The highest BCUT2D eigenvalue weighted by Gasteiger charge is 2.29. The van der Waals surface area contributed by atoms with Gasteiger partial charge in [0.15, 0.2) is 0 Å². The van der Waals surface area contributed by atoms with E-state index >= 15 is 0 Å². The first-order valence-corrected chi connectivity index (χ1v) is 12.4. The summed E-state index contributed by atoms with van der Waals surface area (Å²) in [6, 6.07) is 14.3. The highest BCUT2D eigenvalue weighted by molar-refractivity contribution is 7.89. The molecule has 0 bridgehead atoms. The minimum Gasteiger partial charge on any atom is -0.497 e. The normalized spacial score (nSPS) is 14.7. The molecular formula is C24H33N3O4S. The van der Waals surface area contributed by atoms with Gasteiger partial charge in [0.2, 0.25) is 15.9 Å². The Labute approximate surface area is 191 Å². The molecule has 0 radical (unpaired) electrons. The smallest absolute Gasteiger partial charge is 0.243 e. The standard InChI is InChI=1S/C24H33N3O4S/c1-19(2)15-20-7-9-23(10-8-20)32(29,30)27(17-21-5-4-6-22(16-21)31-3)18-24(28)26-13-11-25-12-14-26/h4-10,16,19,25H,11-15,17-18H2,1-3H3. The Kier molecular flexibility index (Phi) is 8.28. The van der Waals surface area contributed by atoms with Crippen molar-refractivity contribution in [2.45, 2.75) is 31.7 Å². The molecule has 1 fully saturated rings. The number of carbonyl (C=O) groups excluding carboxylic acids is 1. The molecular weight excluding hydrogens is 426 g/mol. The van der Waals surface area contributed by atoms with E-state index in [1.807, 2.05) is 30.3 Å². The van der Waals surface area contributed by atoms with E-state index in [-0.39, 0.29) is 23.9 Å². The average molecular weight is 460 g/mol. The van der Waals surface area contributed by atoms with Crippen LogP contribution in [0.5, 0.6) is 5.75 Å². The van der Waals surface area contributed by atoms with Gasteiger partial charge in [-0.1, -0.05) is 38.1 Å². The van der Waals surface area contributed by atoms with Crippen molar-refractivity contribution in [1.29, 1.82) is 0 Å². The van der Waals surface area contributed by atoms with Gasteiger partial charge in [-0.15, -0.1) is 0 Å². The van der Waals surface area contributed by atoms with Crippen LogP contribution in [0.25, 0.3) is 0 Å². The predicted octanol–water partition coefficient (Wildman–Crippen LogP) is 2.52. The van der Waals surface area contributed by atoms with Crippen LogP contribution in [0, 0.1) is 5.92 Å². The number of piperazine rings is 1. The van der Waals surface area contributed by atoms with Crippen LogP contribution >= 0.6 is 0 Å². The van der Waals surface area contributed by atoms with Crippen LogP contribution in [-0.4, -0.2) is 63.4 Å². The molecule has 0 aliphatic carbocycles. The molecule has 174 valence electrons. The first-order chi connectivity index (χ1) is 15.3. The van der Waals surface area contributed by atoms with E-state index in [2.05, 4.69) is 19.2 Å². The molecule has 0 aromatic heterocycles. The van der Waals surface area contributed by atoms with Crippen molar-refractivity contribution in [2.75, 3.05) is 39.8 Å². The van der Waals surface area contributed by atoms with Crippen molar-refractivity contribution < 1.29 is 17.9 Å². The summed E-state index contributed by atoms with van der Waals surface area (Å²) in [5.41, 5.74) is 1.85. The van der Waals surface area contributed by atoms with Gasteiger partial charge < -0.3 is 15.0 Å². The topological polar surface area (TPSA) is 79.0 Å². The van der Waals surface area contributed by atoms with E-state index < -0.39 is 10.0 Å². The zero-order chi connectivity index (χ0) is 23.1. The largest absolute Gasteiger partial charge is 0.497 e. The van der Waals surface area contributed by atoms with Gasteiger partial charge in [0.05, 0.1) is 18.6 Å². The molecule has 0 saturated carbocycles. The number of rotatable bonds is 9. The van der Waals surface area contributed by atoms with Gasteiger partial charge in [-0.05, 0) is 47.7 Å². The van der Waals surface area contributed by atoms with Crippen molar-refractivity contribution in [3.05, 3.63) is 59.7 Å². The van der Waals surface area contributed by atoms with Gasteiger partial charge in [-0.2, -0.15) is 4.31 Å². The lowest BCUT2D eigenvalue weighted by Crippen LogP contribution is -2.50. The lowest BCUT2D eigenvalue weighted by Gasteiger charge is -2.30. The molecule has 32 heavy (non-hydrogen) atoms. The molecule has 1 N–H and O–H groups in total. The minimum absolute atomic E-state index is 0.0884. The van der Waals surface area contributed by atoms with Crippen LogP contribution in [0.4, 0.5) is 0 Å². The maximum Gasteiger partial charge on any atom is 0.243 e. The van der Waals surface area contributed by atoms with Crippen LogP contribution in [-0.2, 0) is 27.8 Å². The zero-order valence-corrected chi connectivity index (χ0v) is 19.9. The number of nitrogens with one attached hydrogen (secondary N) is 1. The van der Waals surface area contributed by atoms with E-state index in [0.717, 1.165) is 17.5 Å². The second-order valence-corrected chi connectivity index (χ2v) is 10.4. The fraction of sp³-hybridized carbons (Fsp3) is 0.458. The zero-order valence-electron chi connectivity index (χ0n) is 19.1. The Morgan fingerprint density at radius 1 is 1.09 bits per heavy atom. The summed E-state index contributed by atoms with van der Waals surface area (Å²) < 4.78 is 33.7. The molecule has 0 spiro atoms. The Bertz CT molecular complexity index is 1000. The molecule has 1 heterocycles. The molecule has 1 saturated heterocycles. The highest BCUT2D eigenvalue weighted by Crippen LogP contribution is 2.22. The van der Waals surface area contributed by atoms with E-state index in [1.165, 1.54) is 4.31 Å². The number of hydrogen-bond donors (Lipinski definition) is 1. The summed E-state index contributed by atoms with van der Waals surface area (Å²) in [6.45, 7) is 6.73. The van der Waals surface area contributed by atoms with Gasteiger partial charge >= 0.3 is 0 Å². The molecule has 8 heteroatoms. The number of amides is 1. The van der Waals surface area contributed by atoms with E-state index in [9.17, 15) is 13.2 Å². The monoisotopic (exact) mass is 459 g/mol. The van der Waals surface area contributed by atoms with Crippen molar-refractivity contribution in [1.82, 2.24) is 14.5 Å². The summed E-state index contributed by atoms with van der Waals surface area (Å²) in [5, 5.41) is 3.21. The lowest BCUT2D eigenvalue weighted by molar-refractivity contribution is -0.132. The average Bonchev–Trinajstić information content (AvgIpc) is 2.79. The molecule has 1 aliphatic heterocycles. The van der Waals surface area contributed by atoms with E-state index in [4.69, 9.17) is 4.74 Å². The van der Waals surface area contributed by atoms with E-state index in [0.29, 0.717) is 37.8 Å². The first kappa shape index (κ1) is 24.2. The Balaban J connectivity index is 1.87. The van der Waals surface area contributed by atoms with Crippen LogP contribution in [0.15, 0.2) is 53.4 Å². The van der Waals surface area contributed by atoms with Gasteiger partial charge in [0.25, 0.3) is 0 Å².